The number of hydrogen-bond acceptors (Lipinski definition) is 6. The second-order valence-electron chi connectivity index (χ2n) is 6.15. The fourth-order valence-electron chi connectivity index (χ4n) is 2.21. The molecule has 0 saturated heterocycles. The number of pyridine rings is 1. The summed E-state index contributed by atoms with van der Waals surface area (Å²) >= 11 is 0. The Balaban J connectivity index is 2.32. The van der Waals surface area contributed by atoms with E-state index in [0.717, 1.165) is 0 Å². The normalized spacial score (nSPS) is 12.1. The van der Waals surface area contributed by atoms with Crippen LogP contribution in [0.4, 0.5) is 0 Å². The Labute approximate surface area is 152 Å². The van der Waals surface area contributed by atoms with E-state index in [9.17, 15) is 14.4 Å². The van der Waals surface area contributed by atoms with E-state index in [1.165, 1.54) is 20.0 Å². The first kappa shape index (κ1) is 19.3. The van der Waals surface area contributed by atoms with Crippen molar-refractivity contribution < 1.29 is 23.9 Å². The molecule has 2 rings (SSSR count). The Morgan fingerprint density at radius 1 is 1.04 bits per heavy atom. The average Bonchev–Trinajstić information content (AvgIpc) is 2.66. The van der Waals surface area contributed by atoms with E-state index in [-0.39, 0.29) is 6.61 Å². The number of esters is 2. The van der Waals surface area contributed by atoms with E-state index in [1.807, 2.05) is 0 Å². The molecule has 0 bridgehead atoms. The molecule has 1 heterocycles. The molecule has 0 amide bonds. The molecule has 1 unspecified atom stereocenters. The minimum absolute atomic E-state index is 0.145. The molecule has 0 aliphatic heterocycles. The van der Waals surface area contributed by atoms with Gasteiger partial charge in [-0.25, -0.2) is 0 Å². The summed E-state index contributed by atoms with van der Waals surface area (Å²) < 4.78 is 10.4. The first-order chi connectivity index (χ1) is 12.4. The third-order valence-corrected chi connectivity index (χ3v) is 3.81. The number of ketones is 1. The predicted octanol–water partition coefficient (Wildman–Crippen LogP) is 3.14. The van der Waals surface area contributed by atoms with Crippen LogP contribution in [-0.2, 0) is 19.1 Å². The van der Waals surface area contributed by atoms with Crippen molar-refractivity contribution in [1.29, 1.82) is 0 Å². The lowest BCUT2D eigenvalue weighted by molar-refractivity contribution is -0.171. The van der Waals surface area contributed by atoms with Gasteiger partial charge in [0.15, 0.2) is 11.5 Å². The Kier molecular flexibility index (Phi) is 6.22. The van der Waals surface area contributed by atoms with E-state index < -0.39 is 29.2 Å². The number of Topliss-reactive ketones (excluding diaryl/α,β-unsaturated/α-hetero) is 1. The van der Waals surface area contributed by atoms with Gasteiger partial charge in [-0.15, -0.1) is 0 Å². The van der Waals surface area contributed by atoms with Gasteiger partial charge in [0.25, 0.3) is 0 Å². The van der Waals surface area contributed by atoms with Gasteiger partial charge in [0.2, 0.25) is 5.78 Å². The van der Waals surface area contributed by atoms with Crippen LogP contribution >= 0.6 is 0 Å². The van der Waals surface area contributed by atoms with Gasteiger partial charge in [0.1, 0.15) is 0 Å². The quantitative estimate of drug-likeness (QED) is 0.431. The average molecular weight is 355 g/mol. The second kappa shape index (κ2) is 8.38. The van der Waals surface area contributed by atoms with Crippen LogP contribution < -0.4 is 0 Å². The van der Waals surface area contributed by atoms with Crippen LogP contribution in [0, 0.1) is 5.41 Å². The molecule has 0 spiro atoms. The van der Waals surface area contributed by atoms with Crippen molar-refractivity contribution in [2.24, 2.45) is 5.41 Å². The summed E-state index contributed by atoms with van der Waals surface area (Å²) in [5, 5.41) is 0. The fraction of sp³-hybridized carbons (Fsp3) is 0.300. The van der Waals surface area contributed by atoms with Crippen molar-refractivity contribution in [1.82, 2.24) is 4.98 Å². The van der Waals surface area contributed by atoms with E-state index in [0.29, 0.717) is 11.1 Å². The first-order valence-corrected chi connectivity index (χ1v) is 8.25. The molecular weight excluding hydrogens is 334 g/mol. The summed E-state index contributed by atoms with van der Waals surface area (Å²) in [4.78, 5) is 41.5. The molecule has 0 saturated carbocycles. The first-order valence-electron chi connectivity index (χ1n) is 8.25. The molecular formula is C20H21NO5. The summed E-state index contributed by atoms with van der Waals surface area (Å²) in [6.45, 7) is 4.61. The van der Waals surface area contributed by atoms with Crippen molar-refractivity contribution in [2.45, 2.75) is 26.9 Å². The summed E-state index contributed by atoms with van der Waals surface area (Å²) in [6.07, 6.45) is 1.77. The van der Waals surface area contributed by atoms with Crippen LogP contribution in [0.3, 0.4) is 0 Å². The number of rotatable bonds is 7. The van der Waals surface area contributed by atoms with Crippen LogP contribution in [0.15, 0.2) is 54.9 Å². The highest BCUT2D eigenvalue weighted by Crippen LogP contribution is 2.28. The van der Waals surface area contributed by atoms with Crippen molar-refractivity contribution >= 4 is 17.7 Å². The molecule has 1 atom stereocenters. The van der Waals surface area contributed by atoms with Gasteiger partial charge in [-0.2, -0.15) is 0 Å². The standard InChI is InChI=1S/C20H21NO5/c1-4-25-18(23)20(2,3)19(24)26-17(14-9-6-5-7-10-14)16(22)15-11-8-12-21-13-15/h5-13,17H,4H2,1-3H3. The molecule has 1 aromatic carbocycles. The number of hydrogen-bond donors (Lipinski definition) is 0. The summed E-state index contributed by atoms with van der Waals surface area (Å²) in [7, 11) is 0. The lowest BCUT2D eigenvalue weighted by Gasteiger charge is -2.24. The maximum absolute atomic E-state index is 12.9. The summed E-state index contributed by atoms with van der Waals surface area (Å²) in [6, 6.07) is 11.9. The lowest BCUT2D eigenvalue weighted by atomic mass is 9.93. The Morgan fingerprint density at radius 2 is 1.73 bits per heavy atom. The maximum Gasteiger partial charge on any atom is 0.323 e. The van der Waals surface area contributed by atoms with Gasteiger partial charge in [-0.3, -0.25) is 19.4 Å². The third kappa shape index (κ3) is 4.33. The number of carbonyl (C=O) groups excluding carboxylic acids is 3. The number of benzene rings is 1. The van der Waals surface area contributed by atoms with E-state index in [2.05, 4.69) is 4.98 Å². The predicted molar refractivity (Wildman–Crippen MR) is 94.3 cm³/mol. The van der Waals surface area contributed by atoms with Crippen molar-refractivity contribution in [2.75, 3.05) is 6.61 Å². The highest BCUT2D eigenvalue weighted by molar-refractivity contribution is 6.03. The monoisotopic (exact) mass is 355 g/mol. The number of ether oxygens (including phenoxy) is 2. The zero-order chi connectivity index (χ0) is 19.2. The smallest absolute Gasteiger partial charge is 0.323 e. The number of aromatic nitrogens is 1. The van der Waals surface area contributed by atoms with Crippen LogP contribution in [-0.4, -0.2) is 29.3 Å². The Bertz CT molecular complexity index is 771. The zero-order valence-electron chi connectivity index (χ0n) is 15.0. The van der Waals surface area contributed by atoms with Gasteiger partial charge in [-0.05, 0) is 32.9 Å². The molecule has 0 radical (unpaired) electrons. The van der Waals surface area contributed by atoms with Crippen LogP contribution in [0.5, 0.6) is 0 Å². The maximum atomic E-state index is 12.9. The van der Waals surface area contributed by atoms with Crippen molar-refractivity contribution in [3.05, 3.63) is 66.0 Å². The van der Waals surface area contributed by atoms with E-state index in [1.54, 1.807) is 55.6 Å². The SMILES string of the molecule is CCOC(=O)C(C)(C)C(=O)OC(C(=O)c1cccnc1)c1ccccc1. The molecule has 1 aromatic heterocycles. The molecule has 136 valence electrons. The second-order valence-corrected chi connectivity index (χ2v) is 6.15. The van der Waals surface area contributed by atoms with Gasteiger partial charge < -0.3 is 9.47 Å². The van der Waals surface area contributed by atoms with Crippen LogP contribution in [0.1, 0.15) is 42.8 Å². The van der Waals surface area contributed by atoms with E-state index in [4.69, 9.17) is 9.47 Å². The number of carbonyl (C=O) groups is 3. The van der Waals surface area contributed by atoms with Gasteiger partial charge >= 0.3 is 11.9 Å². The summed E-state index contributed by atoms with van der Waals surface area (Å²) in [5.41, 5.74) is -0.712. The molecule has 0 N–H and O–H groups in total. The van der Waals surface area contributed by atoms with Gasteiger partial charge in [0, 0.05) is 23.5 Å². The topological polar surface area (TPSA) is 82.6 Å². The largest absolute Gasteiger partial charge is 0.465 e. The third-order valence-electron chi connectivity index (χ3n) is 3.81. The number of nitrogens with zero attached hydrogens (tertiary/aromatic N) is 1. The molecule has 0 aliphatic rings. The van der Waals surface area contributed by atoms with E-state index >= 15 is 0 Å². The molecule has 0 aliphatic carbocycles. The van der Waals surface area contributed by atoms with Gasteiger partial charge in [-0.1, -0.05) is 30.3 Å². The van der Waals surface area contributed by atoms with Crippen molar-refractivity contribution in [3.63, 3.8) is 0 Å². The lowest BCUT2D eigenvalue weighted by Crippen LogP contribution is -2.38. The van der Waals surface area contributed by atoms with Crippen molar-refractivity contribution in [3.8, 4) is 0 Å². The molecule has 0 fully saturated rings. The fourth-order valence-corrected chi connectivity index (χ4v) is 2.21. The minimum atomic E-state index is -1.53. The van der Waals surface area contributed by atoms with Crippen LogP contribution in [0.2, 0.25) is 0 Å². The molecule has 6 heteroatoms. The minimum Gasteiger partial charge on any atom is -0.465 e. The van der Waals surface area contributed by atoms with Crippen LogP contribution in [0.25, 0.3) is 0 Å². The molecule has 6 nitrogen and oxygen atoms in total. The molecule has 2 aromatic rings. The summed E-state index contributed by atoms with van der Waals surface area (Å²) in [5.74, 6) is -1.95. The zero-order valence-corrected chi connectivity index (χ0v) is 15.0. The highest BCUT2D eigenvalue weighted by atomic mass is 16.6. The Morgan fingerprint density at radius 3 is 2.31 bits per heavy atom. The van der Waals surface area contributed by atoms with Gasteiger partial charge in [0.05, 0.1) is 6.61 Å². The molecule has 26 heavy (non-hydrogen) atoms. The Hall–Kier alpha value is -3.02. The highest BCUT2D eigenvalue weighted by Gasteiger charge is 2.41.